The van der Waals surface area contributed by atoms with Crippen LogP contribution in [0.15, 0.2) is 12.1 Å². The number of nitrogens with two attached hydrogens (primary N) is 1. The first-order valence-corrected chi connectivity index (χ1v) is 6.03. The van der Waals surface area contributed by atoms with Gasteiger partial charge in [-0.25, -0.2) is 8.78 Å². The summed E-state index contributed by atoms with van der Waals surface area (Å²) in [4.78, 5) is 0. The van der Waals surface area contributed by atoms with E-state index in [9.17, 15) is 13.9 Å². The Bertz CT molecular complexity index is 408. The maximum atomic E-state index is 13.6. The van der Waals surface area contributed by atoms with Crippen LogP contribution >= 0.6 is 12.4 Å². The fourth-order valence-corrected chi connectivity index (χ4v) is 2.60. The molecule has 0 unspecified atom stereocenters. The maximum absolute atomic E-state index is 13.6. The van der Waals surface area contributed by atoms with Gasteiger partial charge in [0, 0.05) is 11.6 Å². The van der Waals surface area contributed by atoms with Crippen LogP contribution in [0.1, 0.15) is 43.7 Å². The van der Waals surface area contributed by atoms with Gasteiger partial charge in [0.15, 0.2) is 11.6 Å². The quantitative estimate of drug-likeness (QED) is 0.866. The predicted octanol–water partition coefficient (Wildman–Crippen LogP) is 3.67. The van der Waals surface area contributed by atoms with Crippen molar-refractivity contribution in [1.82, 2.24) is 0 Å². The summed E-state index contributed by atoms with van der Waals surface area (Å²) in [6, 6.07) is 1.32. The Morgan fingerprint density at radius 2 is 1.67 bits per heavy atom. The van der Waals surface area contributed by atoms with Gasteiger partial charge in [0.1, 0.15) is 5.82 Å². The van der Waals surface area contributed by atoms with E-state index >= 15 is 0 Å². The molecule has 0 aromatic heterocycles. The average Bonchev–Trinajstić information content (AvgIpc) is 2.35. The number of phenolic OH excluding ortho intramolecular Hbond substituents is 1. The second kappa shape index (κ2) is 6.34. The van der Waals surface area contributed by atoms with Crippen molar-refractivity contribution in [2.24, 2.45) is 11.7 Å². The second-order valence-corrected chi connectivity index (χ2v) is 4.72. The van der Waals surface area contributed by atoms with Crippen LogP contribution in [0, 0.1) is 17.6 Å². The van der Waals surface area contributed by atoms with Gasteiger partial charge in [0.05, 0.1) is 0 Å². The Morgan fingerprint density at radius 1 is 1.11 bits per heavy atom. The molecule has 0 bridgehead atoms. The third-order valence-electron chi connectivity index (χ3n) is 3.61. The third kappa shape index (κ3) is 2.93. The van der Waals surface area contributed by atoms with Crippen LogP contribution in [-0.4, -0.2) is 5.11 Å². The zero-order chi connectivity index (χ0) is 12.4. The van der Waals surface area contributed by atoms with Crippen LogP contribution in [0.4, 0.5) is 8.78 Å². The standard InChI is InChI=1S/C13H17F2NO.ClH/c14-9-6-7-10(15)13(17)11(9)12(16)8-4-2-1-3-5-8;/h6-8,12,17H,1-5,16H2;1H/t12-;/m0./s1. The van der Waals surface area contributed by atoms with Crippen LogP contribution in [0.2, 0.25) is 0 Å². The fourth-order valence-electron chi connectivity index (χ4n) is 2.60. The van der Waals surface area contributed by atoms with Crippen molar-refractivity contribution in [3.63, 3.8) is 0 Å². The number of phenols is 1. The molecule has 3 N–H and O–H groups in total. The van der Waals surface area contributed by atoms with Gasteiger partial charge >= 0.3 is 0 Å². The molecule has 2 rings (SSSR count). The zero-order valence-corrected chi connectivity index (χ0v) is 10.9. The SMILES string of the molecule is Cl.N[C@H](c1c(F)ccc(F)c1O)C1CCCCC1. The molecule has 1 atom stereocenters. The topological polar surface area (TPSA) is 46.2 Å². The molecule has 1 fully saturated rings. The van der Waals surface area contributed by atoms with Crippen LogP contribution in [0.25, 0.3) is 0 Å². The molecule has 1 saturated carbocycles. The number of hydrogen-bond acceptors (Lipinski definition) is 2. The van der Waals surface area contributed by atoms with Gasteiger partial charge in [-0.3, -0.25) is 0 Å². The van der Waals surface area contributed by atoms with E-state index in [1.807, 2.05) is 0 Å². The lowest BCUT2D eigenvalue weighted by molar-refractivity contribution is 0.295. The lowest BCUT2D eigenvalue weighted by atomic mass is 9.81. The van der Waals surface area contributed by atoms with E-state index in [1.165, 1.54) is 6.42 Å². The Balaban J connectivity index is 0.00000162. The van der Waals surface area contributed by atoms with Gasteiger partial charge in [-0.15, -0.1) is 12.4 Å². The van der Waals surface area contributed by atoms with Crippen LogP contribution < -0.4 is 5.73 Å². The summed E-state index contributed by atoms with van der Waals surface area (Å²) in [6.45, 7) is 0. The summed E-state index contributed by atoms with van der Waals surface area (Å²) in [6.07, 6.45) is 5.13. The first-order chi connectivity index (χ1) is 8.11. The molecule has 5 heteroatoms. The zero-order valence-electron chi connectivity index (χ0n) is 10.0. The van der Waals surface area contributed by atoms with E-state index in [1.54, 1.807) is 0 Å². The van der Waals surface area contributed by atoms with E-state index in [-0.39, 0.29) is 23.9 Å². The number of hydrogen-bond donors (Lipinski definition) is 2. The molecule has 102 valence electrons. The fraction of sp³-hybridized carbons (Fsp3) is 0.538. The number of rotatable bonds is 2. The molecule has 1 aliphatic rings. The largest absolute Gasteiger partial charge is 0.505 e. The van der Waals surface area contributed by atoms with Crippen molar-refractivity contribution in [2.45, 2.75) is 38.1 Å². The van der Waals surface area contributed by atoms with Crippen LogP contribution in [0.5, 0.6) is 5.75 Å². The first kappa shape index (κ1) is 15.2. The van der Waals surface area contributed by atoms with Crippen LogP contribution in [-0.2, 0) is 0 Å². The van der Waals surface area contributed by atoms with Crippen molar-refractivity contribution in [3.05, 3.63) is 29.3 Å². The lowest BCUT2D eigenvalue weighted by Gasteiger charge is -2.28. The molecule has 0 radical (unpaired) electrons. The Hall–Kier alpha value is -0.870. The van der Waals surface area contributed by atoms with Crippen molar-refractivity contribution >= 4 is 12.4 Å². The lowest BCUT2D eigenvalue weighted by Crippen LogP contribution is -2.24. The van der Waals surface area contributed by atoms with Gasteiger partial charge in [-0.05, 0) is 30.9 Å². The van der Waals surface area contributed by atoms with Gasteiger partial charge < -0.3 is 10.8 Å². The summed E-state index contributed by atoms with van der Waals surface area (Å²) in [5.41, 5.74) is 5.90. The minimum atomic E-state index is -0.812. The number of aromatic hydroxyl groups is 1. The van der Waals surface area contributed by atoms with E-state index in [4.69, 9.17) is 5.73 Å². The van der Waals surface area contributed by atoms with Crippen LogP contribution in [0.3, 0.4) is 0 Å². The average molecular weight is 278 g/mol. The highest BCUT2D eigenvalue weighted by Crippen LogP contribution is 2.38. The molecule has 1 aromatic carbocycles. The molecule has 0 spiro atoms. The Labute approximate surface area is 112 Å². The number of benzene rings is 1. The molecular formula is C13H18ClF2NO. The highest BCUT2D eigenvalue weighted by atomic mass is 35.5. The van der Waals surface area contributed by atoms with Crippen molar-refractivity contribution in [2.75, 3.05) is 0 Å². The summed E-state index contributed by atoms with van der Waals surface area (Å²) in [5.74, 6) is -1.94. The summed E-state index contributed by atoms with van der Waals surface area (Å²) < 4.78 is 26.8. The van der Waals surface area contributed by atoms with Crippen molar-refractivity contribution in [1.29, 1.82) is 0 Å². The minimum Gasteiger partial charge on any atom is -0.505 e. The summed E-state index contributed by atoms with van der Waals surface area (Å²) in [7, 11) is 0. The predicted molar refractivity (Wildman–Crippen MR) is 68.8 cm³/mol. The summed E-state index contributed by atoms with van der Waals surface area (Å²) >= 11 is 0. The van der Waals surface area contributed by atoms with E-state index in [0.717, 1.165) is 37.8 Å². The highest BCUT2D eigenvalue weighted by Gasteiger charge is 2.27. The van der Waals surface area contributed by atoms with Crippen molar-refractivity contribution < 1.29 is 13.9 Å². The van der Waals surface area contributed by atoms with Gasteiger partial charge in [0.25, 0.3) is 0 Å². The van der Waals surface area contributed by atoms with Crippen molar-refractivity contribution in [3.8, 4) is 5.75 Å². The molecule has 0 saturated heterocycles. The maximum Gasteiger partial charge on any atom is 0.165 e. The van der Waals surface area contributed by atoms with Gasteiger partial charge in [-0.1, -0.05) is 19.3 Å². The Kier molecular flexibility index (Phi) is 5.35. The Morgan fingerprint density at radius 3 is 2.28 bits per heavy atom. The molecule has 18 heavy (non-hydrogen) atoms. The molecular weight excluding hydrogens is 260 g/mol. The highest BCUT2D eigenvalue weighted by molar-refractivity contribution is 5.85. The molecule has 2 nitrogen and oxygen atoms in total. The first-order valence-electron chi connectivity index (χ1n) is 6.03. The normalized spacial score (nSPS) is 18.2. The third-order valence-corrected chi connectivity index (χ3v) is 3.61. The summed E-state index contributed by atoms with van der Waals surface area (Å²) in [5, 5.41) is 9.58. The smallest absolute Gasteiger partial charge is 0.165 e. The van der Waals surface area contributed by atoms with E-state index in [2.05, 4.69) is 0 Å². The molecule has 0 heterocycles. The molecule has 1 aromatic rings. The van der Waals surface area contributed by atoms with Gasteiger partial charge in [0.2, 0.25) is 0 Å². The molecule has 0 amide bonds. The molecule has 1 aliphatic carbocycles. The van der Waals surface area contributed by atoms with Gasteiger partial charge in [-0.2, -0.15) is 0 Å². The minimum absolute atomic E-state index is 0. The molecule has 0 aliphatic heterocycles. The number of halogens is 3. The monoisotopic (exact) mass is 277 g/mol. The second-order valence-electron chi connectivity index (χ2n) is 4.72. The van der Waals surface area contributed by atoms with E-state index < -0.39 is 23.4 Å². The van der Waals surface area contributed by atoms with E-state index in [0.29, 0.717) is 0 Å².